The summed E-state index contributed by atoms with van der Waals surface area (Å²) < 4.78 is 5.21. The normalized spacial score (nSPS) is 12.3. The smallest absolute Gasteiger partial charge is 0.306 e. The lowest BCUT2D eigenvalue weighted by atomic mass is 10.2. The molecule has 2 rings (SSSR count). The van der Waals surface area contributed by atoms with Gasteiger partial charge in [0.05, 0.1) is 10.9 Å². The van der Waals surface area contributed by atoms with Gasteiger partial charge in [-0.3, -0.25) is 9.59 Å². The first-order valence-electron chi connectivity index (χ1n) is 6.30. The average molecular weight is 260 g/mol. The molecular weight excluding hydrogens is 244 g/mol. The largest absolute Gasteiger partial charge is 0.454 e. The minimum Gasteiger partial charge on any atom is -0.454 e. The maximum Gasteiger partial charge on any atom is 0.306 e. The molecule has 1 atom stereocenters. The van der Waals surface area contributed by atoms with Crippen molar-refractivity contribution >= 4 is 16.9 Å². The van der Waals surface area contributed by atoms with Gasteiger partial charge < -0.3 is 9.72 Å². The number of esters is 1. The molecule has 0 radical (unpaired) electrons. The van der Waals surface area contributed by atoms with Crippen molar-refractivity contribution in [3.05, 3.63) is 40.4 Å². The monoisotopic (exact) mass is 260 g/mol. The number of H-pyrrole nitrogens is 1. The minimum absolute atomic E-state index is 0.223. The van der Waals surface area contributed by atoms with Gasteiger partial charge in [0.2, 0.25) is 0 Å². The predicted molar refractivity (Wildman–Crippen MR) is 71.8 cm³/mol. The molecule has 0 saturated carbocycles. The molecule has 0 unspecified atom stereocenters. The molecule has 1 heterocycles. The second-order valence-electron chi connectivity index (χ2n) is 4.35. The van der Waals surface area contributed by atoms with E-state index in [9.17, 15) is 9.59 Å². The number of hydrogen-bond acceptors (Lipinski definition) is 4. The van der Waals surface area contributed by atoms with Crippen LogP contribution in [0.4, 0.5) is 0 Å². The van der Waals surface area contributed by atoms with Crippen LogP contribution in [0.5, 0.6) is 0 Å². The summed E-state index contributed by atoms with van der Waals surface area (Å²) >= 11 is 0. The number of aromatic amines is 1. The molecule has 0 aliphatic rings. The third-order valence-electron chi connectivity index (χ3n) is 2.78. The van der Waals surface area contributed by atoms with Gasteiger partial charge in [-0.05, 0) is 25.5 Å². The summed E-state index contributed by atoms with van der Waals surface area (Å²) in [6, 6.07) is 7.06. The van der Waals surface area contributed by atoms with E-state index in [0.717, 1.165) is 6.42 Å². The number of carbonyl (C=O) groups excluding carboxylic acids is 1. The zero-order valence-electron chi connectivity index (χ0n) is 11.0. The van der Waals surface area contributed by atoms with E-state index in [1.807, 2.05) is 13.0 Å². The van der Waals surface area contributed by atoms with E-state index >= 15 is 0 Å². The highest BCUT2D eigenvalue weighted by atomic mass is 16.5. The summed E-state index contributed by atoms with van der Waals surface area (Å²) in [7, 11) is 0. The Hall–Kier alpha value is -2.17. The third-order valence-corrected chi connectivity index (χ3v) is 2.78. The lowest BCUT2D eigenvalue weighted by Gasteiger charge is -2.12. The van der Waals surface area contributed by atoms with Gasteiger partial charge in [0.25, 0.3) is 5.56 Å². The number of ether oxygens (including phenoxy) is 1. The number of aromatic nitrogens is 2. The van der Waals surface area contributed by atoms with E-state index in [2.05, 4.69) is 9.97 Å². The first-order chi connectivity index (χ1) is 9.11. The molecule has 5 nitrogen and oxygen atoms in total. The van der Waals surface area contributed by atoms with Crippen molar-refractivity contribution < 1.29 is 9.53 Å². The highest BCUT2D eigenvalue weighted by Crippen LogP contribution is 2.15. The highest BCUT2D eigenvalue weighted by molar-refractivity contribution is 5.77. The Bertz CT molecular complexity index is 648. The maximum absolute atomic E-state index is 11.9. The number of carbonyl (C=O) groups is 1. The van der Waals surface area contributed by atoms with Crippen molar-refractivity contribution in [1.82, 2.24) is 9.97 Å². The van der Waals surface area contributed by atoms with Crippen molar-refractivity contribution in [3.8, 4) is 0 Å². The van der Waals surface area contributed by atoms with E-state index in [1.165, 1.54) is 0 Å². The number of nitrogens with zero attached hydrogens (tertiary/aromatic N) is 1. The Morgan fingerprint density at radius 3 is 2.89 bits per heavy atom. The van der Waals surface area contributed by atoms with Crippen LogP contribution in [0.3, 0.4) is 0 Å². The summed E-state index contributed by atoms with van der Waals surface area (Å²) in [6.45, 7) is 3.60. The fraction of sp³-hybridized carbons (Fsp3) is 0.357. The van der Waals surface area contributed by atoms with Crippen LogP contribution in [0.1, 0.15) is 38.6 Å². The van der Waals surface area contributed by atoms with E-state index in [-0.39, 0.29) is 11.5 Å². The van der Waals surface area contributed by atoms with Crippen LogP contribution in [0.2, 0.25) is 0 Å². The van der Waals surface area contributed by atoms with Gasteiger partial charge in [0, 0.05) is 6.42 Å². The number of nitrogens with one attached hydrogen (secondary N) is 1. The minimum atomic E-state index is -0.559. The van der Waals surface area contributed by atoms with Crippen molar-refractivity contribution in [2.24, 2.45) is 0 Å². The Kier molecular flexibility index (Phi) is 3.94. The molecule has 0 aliphatic carbocycles. The summed E-state index contributed by atoms with van der Waals surface area (Å²) in [5.74, 6) is 0.0824. The van der Waals surface area contributed by atoms with E-state index in [4.69, 9.17) is 4.74 Å². The Balaban J connectivity index is 2.30. The van der Waals surface area contributed by atoms with Crippen molar-refractivity contribution in [3.63, 3.8) is 0 Å². The van der Waals surface area contributed by atoms with Crippen LogP contribution in [0, 0.1) is 0 Å². The number of hydrogen-bond donors (Lipinski definition) is 1. The molecule has 1 aromatic heterocycles. The van der Waals surface area contributed by atoms with Crippen LogP contribution >= 0.6 is 0 Å². The Morgan fingerprint density at radius 2 is 2.16 bits per heavy atom. The predicted octanol–water partition coefficient (Wildman–Crippen LogP) is 2.33. The fourth-order valence-electron chi connectivity index (χ4n) is 1.81. The average Bonchev–Trinajstić information content (AvgIpc) is 2.39. The summed E-state index contributed by atoms with van der Waals surface area (Å²) in [4.78, 5) is 30.3. The molecule has 0 amide bonds. The second-order valence-corrected chi connectivity index (χ2v) is 4.35. The molecule has 1 N–H and O–H groups in total. The fourth-order valence-corrected chi connectivity index (χ4v) is 1.81. The van der Waals surface area contributed by atoms with Gasteiger partial charge in [-0.15, -0.1) is 0 Å². The number of benzene rings is 1. The van der Waals surface area contributed by atoms with Crippen molar-refractivity contribution in [2.75, 3.05) is 0 Å². The second kappa shape index (κ2) is 5.65. The molecule has 1 aromatic carbocycles. The van der Waals surface area contributed by atoms with Gasteiger partial charge in [-0.25, -0.2) is 4.98 Å². The van der Waals surface area contributed by atoms with Crippen molar-refractivity contribution in [2.45, 2.75) is 32.8 Å². The van der Waals surface area contributed by atoms with E-state index in [0.29, 0.717) is 23.1 Å². The van der Waals surface area contributed by atoms with Crippen molar-refractivity contribution in [1.29, 1.82) is 0 Å². The molecule has 0 bridgehead atoms. The molecule has 0 fully saturated rings. The molecule has 100 valence electrons. The molecular formula is C14H16N2O3. The topological polar surface area (TPSA) is 72.0 Å². The van der Waals surface area contributed by atoms with Crippen LogP contribution in [0.25, 0.3) is 10.9 Å². The standard InChI is InChI=1S/C14H16N2O3/c1-3-6-12(17)19-9(2)13-15-11-8-5-4-7-10(11)14(18)16-13/h4-5,7-9H,3,6H2,1-2H3,(H,15,16,18)/t9-/m0/s1. The molecule has 2 aromatic rings. The zero-order chi connectivity index (χ0) is 13.8. The molecule has 0 saturated heterocycles. The summed E-state index contributed by atoms with van der Waals surface area (Å²) in [6.07, 6.45) is 0.534. The first kappa shape index (κ1) is 13.3. The summed E-state index contributed by atoms with van der Waals surface area (Å²) in [5, 5.41) is 0.526. The van der Waals surface area contributed by atoms with E-state index in [1.54, 1.807) is 25.1 Å². The highest BCUT2D eigenvalue weighted by Gasteiger charge is 2.14. The number of fused-ring (bicyclic) bond motifs is 1. The van der Waals surface area contributed by atoms with E-state index < -0.39 is 6.10 Å². The molecule has 19 heavy (non-hydrogen) atoms. The van der Waals surface area contributed by atoms with Crippen LogP contribution in [-0.2, 0) is 9.53 Å². The van der Waals surface area contributed by atoms with Crippen LogP contribution in [-0.4, -0.2) is 15.9 Å². The van der Waals surface area contributed by atoms with Gasteiger partial charge in [-0.2, -0.15) is 0 Å². The van der Waals surface area contributed by atoms with Gasteiger partial charge >= 0.3 is 5.97 Å². The third kappa shape index (κ3) is 2.99. The quantitative estimate of drug-likeness (QED) is 0.856. The van der Waals surface area contributed by atoms with Gasteiger partial charge in [0.15, 0.2) is 11.9 Å². The zero-order valence-corrected chi connectivity index (χ0v) is 11.0. The number of rotatable bonds is 4. The Labute approximate surface area is 110 Å². The molecule has 0 aliphatic heterocycles. The van der Waals surface area contributed by atoms with Crippen LogP contribution in [0.15, 0.2) is 29.1 Å². The molecule has 5 heteroatoms. The summed E-state index contributed by atoms with van der Waals surface area (Å²) in [5.41, 5.74) is 0.374. The molecule has 0 spiro atoms. The first-order valence-corrected chi connectivity index (χ1v) is 6.30. The Morgan fingerprint density at radius 1 is 1.42 bits per heavy atom. The van der Waals surface area contributed by atoms with Gasteiger partial charge in [0.1, 0.15) is 0 Å². The van der Waals surface area contributed by atoms with Crippen LogP contribution < -0.4 is 5.56 Å². The van der Waals surface area contributed by atoms with Gasteiger partial charge in [-0.1, -0.05) is 19.1 Å². The number of para-hydroxylation sites is 1. The maximum atomic E-state index is 11.9. The SMILES string of the molecule is CCCC(=O)O[C@@H](C)c1nc2ccccc2c(=O)[nH]1. The lowest BCUT2D eigenvalue weighted by Crippen LogP contribution is -2.17. The lowest BCUT2D eigenvalue weighted by molar-refractivity contribution is -0.149.